The van der Waals surface area contributed by atoms with E-state index >= 15 is 0 Å². The third-order valence-electron chi connectivity index (χ3n) is 4.34. The average Bonchev–Trinajstić information content (AvgIpc) is 3.20. The lowest BCUT2D eigenvalue weighted by Crippen LogP contribution is -2.36. The number of halogens is 2. The average molecular weight is 456 g/mol. The predicted octanol–water partition coefficient (Wildman–Crippen LogP) is 4.22. The Hall–Kier alpha value is -2.46. The number of carbonyl (C=O) groups excluding carboxylic acids is 1. The van der Waals surface area contributed by atoms with E-state index in [9.17, 15) is 13.6 Å². The van der Waals surface area contributed by atoms with E-state index in [-0.39, 0.29) is 18.9 Å². The van der Waals surface area contributed by atoms with Gasteiger partial charge in [0.25, 0.3) is 0 Å². The summed E-state index contributed by atoms with van der Waals surface area (Å²) in [6.07, 6.45) is -0.145. The maximum Gasteiger partial charge on any atom is 0.407 e. The van der Waals surface area contributed by atoms with Crippen molar-refractivity contribution in [2.75, 3.05) is 44.4 Å². The summed E-state index contributed by atoms with van der Waals surface area (Å²) < 4.78 is 44.4. The van der Waals surface area contributed by atoms with E-state index in [2.05, 4.69) is 15.2 Å². The Morgan fingerprint density at radius 2 is 2.03 bits per heavy atom. The van der Waals surface area contributed by atoms with Crippen molar-refractivity contribution in [2.24, 2.45) is 0 Å². The Balaban J connectivity index is 1.63. The van der Waals surface area contributed by atoms with Crippen LogP contribution in [0.5, 0.6) is 5.75 Å². The van der Waals surface area contributed by atoms with Crippen molar-refractivity contribution in [1.29, 1.82) is 0 Å². The first-order valence-electron chi connectivity index (χ1n) is 10.1. The number of alkyl carbamates (subject to hydrolysis) is 1. The highest BCUT2D eigenvalue weighted by atomic mass is 32.1. The monoisotopic (exact) mass is 455 g/mol. The Labute approximate surface area is 184 Å². The molecule has 170 valence electrons. The van der Waals surface area contributed by atoms with Gasteiger partial charge in [-0.2, -0.15) is 4.39 Å². The number of hydrogen-bond acceptors (Lipinski definition) is 7. The lowest BCUT2D eigenvalue weighted by Gasteiger charge is -2.26. The Bertz CT molecular complexity index is 895. The van der Waals surface area contributed by atoms with Crippen molar-refractivity contribution >= 4 is 22.6 Å². The zero-order valence-electron chi connectivity index (χ0n) is 17.9. The van der Waals surface area contributed by atoms with Crippen LogP contribution in [0.2, 0.25) is 0 Å². The summed E-state index contributed by atoms with van der Waals surface area (Å²) in [6, 6.07) is 2.53. The van der Waals surface area contributed by atoms with Crippen LogP contribution in [0.15, 0.2) is 17.5 Å². The molecule has 3 rings (SSSR count). The fourth-order valence-corrected chi connectivity index (χ4v) is 3.79. The van der Waals surface area contributed by atoms with Crippen molar-refractivity contribution in [3.8, 4) is 17.0 Å². The van der Waals surface area contributed by atoms with Gasteiger partial charge in [-0.15, -0.1) is 11.3 Å². The molecular weight excluding hydrogens is 428 g/mol. The molecule has 0 saturated carbocycles. The first-order valence-corrected chi connectivity index (χ1v) is 11.0. The molecule has 0 aliphatic carbocycles. The summed E-state index contributed by atoms with van der Waals surface area (Å²) in [5.41, 5.74) is 0.315. The van der Waals surface area contributed by atoms with Crippen LogP contribution in [-0.2, 0) is 9.47 Å². The number of nitrogens with one attached hydrogen (secondary N) is 1. The summed E-state index contributed by atoms with van der Waals surface area (Å²) in [5.74, 6) is -2.23. The van der Waals surface area contributed by atoms with Gasteiger partial charge in [0, 0.05) is 30.6 Å². The first kappa shape index (κ1) is 23.2. The van der Waals surface area contributed by atoms with Crippen LogP contribution in [0.3, 0.4) is 0 Å². The van der Waals surface area contributed by atoms with E-state index in [0.717, 1.165) is 24.3 Å². The number of anilines is 1. The number of ether oxygens (including phenoxy) is 3. The van der Waals surface area contributed by atoms with E-state index < -0.39 is 23.3 Å². The summed E-state index contributed by atoms with van der Waals surface area (Å²) in [5, 5.41) is 5.20. The van der Waals surface area contributed by atoms with Gasteiger partial charge in [0.15, 0.2) is 16.7 Å². The van der Waals surface area contributed by atoms with Crippen molar-refractivity contribution in [3.63, 3.8) is 0 Å². The number of carbonyl (C=O) groups is 1. The quantitative estimate of drug-likeness (QED) is 0.631. The third kappa shape index (κ3) is 6.51. The van der Waals surface area contributed by atoms with Crippen molar-refractivity contribution in [1.82, 2.24) is 10.3 Å². The molecule has 1 aliphatic rings. The number of amides is 1. The second kappa shape index (κ2) is 10.2. The largest absolute Gasteiger partial charge is 0.490 e. The minimum atomic E-state index is -1.06. The molecule has 1 aromatic heterocycles. The number of hydrogen-bond donors (Lipinski definition) is 1. The van der Waals surface area contributed by atoms with E-state index in [1.807, 2.05) is 0 Å². The minimum absolute atomic E-state index is 0.0869. The molecule has 2 aromatic rings. The second-order valence-corrected chi connectivity index (χ2v) is 8.82. The van der Waals surface area contributed by atoms with Gasteiger partial charge >= 0.3 is 6.09 Å². The SMILES string of the molecule is CC(C)(C)OC(=O)NCCCOc1c(-c2csc(N3CCOCC3)n2)ccc(F)c1F. The van der Waals surface area contributed by atoms with E-state index in [0.29, 0.717) is 30.9 Å². The number of aromatic nitrogens is 1. The zero-order chi connectivity index (χ0) is 22.4. The summed E-state index contributed by atoms with van der Waals surface area (Å²) in [4.78, 5) is 18.3. The maximum absolute atomic E-state index is 14.5. The molecule has 0 radical (unpaired) electrons. The minimum Gasteiger partial charge on any atom is -0.490 e. The highest BCUT2D eigenvalue weighted by Gasteiger charge is 2.21. The smallest absolute Gasteiger partial charge is 0.407 e. The van der Waals surface area contributed by atoms with Crippen LogP contribution in [0.25, 0.3) is 11.3 Å². The van der Waals surface area contributed by atoms with Gasteiger partial charge < -0.3 is 24.4 Å². The molecule has 1 fully saturated rings. The molecule has 1 aliphatic heterocycles. The summed E-state index contributed by atoms with van der Waals surface area (Å²) >= 11 is 1.44. The van der Waals surface area contributed by atoms with E-state index in [4.69, 9.17) is 14.2 Å². The highest BCUT2D eigenvalue weighted by Crippen LogP contribution is 2.36. The number of nitrogens with zero attached hydrogens (tertiary/aromatic N) is 2. The van der Waals surface area contributed by atoms with Crippen LogP contribution >= 0.6 is 11.3 Å². The van der Waals surface area contributed by atoms with Gasteiger partial charge in [0.1, 0.15) is 5.60 Å². The van der Waals surface area contributed by atoms with Gasteiger partial charge in [0.2, 0.25) is 5.82 Å². The van der Waals surface area contributed by atoms with E-state index in [1.165, 1.54) is 17.4 Å². The van der Waals surface area contributed by atoms with E-state index in [1.54, 1.807) is 26.2 Å². The fraction of sp³-hybridized carbons (Fsp3) is 0.524. The molecule has 1 amide bonds. The van der Waals surface area contributed by atoms with Gasteiger partial charge in [-0.05, 0) is 39.3 Å². The zero-order valence-corrected chi connectivity index (χ0v) is 18.7. The predicted molar refractivity (Wildman–Crippen MR) is 115 cm³/mol. The normalized spacial score (nSPS) is 14.4. The van der Waals surface area contributed by atoms with Crippen LogP contribution in [0.4, 0.5) is 18.7 Å². The highest BCUT2D eigenvalue weighted by molar-refractivity contribution is 7.14. The second-order valence-electron chi connectivity index (χ2n) is 7.98. The van der Waals surface area contributed by atoms with Crippen LogP contribution in [0, 0.1) is 11.6 Å². The molecule has 31 heavy (non-hydrogen) atoms. The van der Waals surface area contributed by atoms with Crippen LogP contribution < -0.4 is 15.0 Å². The topological polar surface area (TPSA) is 72.9 Å². The van der Waals surface area contributed by atoms with Gasteiger partial charge in [-0.25, -0.2) is 14.2 Å². The number of benzene rings is 1. The molecule has 1 N–H and O–H groups in total. The Kier molecular flexibility index (Phi) is 7.66. The van der Waals surface area contributed by atoms with Crippen molar-refractivity contribution in [2.45, 2.75) is 32.8 Å². The lowest BCUT2D eigenvalue weighted by atomic mass is 10.1. The van der Waals surface area contributed by atoms with Crippen molar-refractivity contribution in [3.05, 3.63) is 29.1 Å². The molecule has 0 spiro atoms. The number of thiazole rings is 1. The first-order chi connectivity index (χ1) is 14.7. The molecule has 10 heteroatoms. The maximum atomic E-state index is 14.5. The molecular formula is C21H27F2N3O4S. The van der Waals surface area contributed by atoms with Gasteiger partial charge in [0.05, 0.1) is 25.5 Å². The van der Waals surface area contributed by atoms with Crippen molar-refractivity contribution < 1.29 is 27.8 Å². The van der Waals surface area contributed by atoms with Gasteiger partial charge in [-0.1, -0.05) is 0 Å². The molecule has 0 unspecified atom stereocenters. The van der Waals surface area contributed by atoms with Crippen LogP contribution in [-0.4, -0.2) is 56.1 Å². The molecule has 0 atom stereocenters. The molecule has 7 nitrogen and oxygen atoms in total. The number of morpholine rings is 1. The number of rotatable bonds is 7. The van der Waals surface area contributed by atoms with Crippen LogP contribution in [0.1, 0.15) is 27.2 Å². The Morgan fingerprint density at radius 3 is 2.74 bits per heavy atom. The summed E-state index contributed by atoms with van der Waals surface area (Å²) in [7, 11) is 0. The van der Waals surface area contributed by atoms with Gasteiger partial charge in [-0.3, -0.25) is 0 Å². The molecule has 2 heterocycles. The lowest BCUT2D eigenvalue weighted by molar-refractivity contribution is 0.0525. The third-order valence-corrected chi connectivity index (χ3v) is 5.24. The molecule has 1 aromatic carbocycles. The Morgan fingerprint density at radius 1 is 1.29 bits per heavy atom. The standard InChI is InChI=1S/C21H27F2N3O4S/c1-21(2,3)30-20(27)24-7-4-10-29-18-14(5-6-15(22)17(18)23)16-13-31-19(25-16)26-8-11-28-12-9-26/h5-6,13H,4,7-12H2,1-3H3,(H,24,27). The molecule has 1 saturated heterocycles. The molecule has 0 bridgehead atoms. The summed E-state index contributed by atoms with van der Waals surface area (Å²) in [6.45, 7) is 8.41. The fourth-order valence-electron chi connectivity index (χ4n) is 2.91.